The predicted octanol–water partition coefficient (Wildman–Crippen LogP) is 4.10. The van der Waals surface area contributed by atoms with Crippen LogP contribution < -0.4 is 15.0 Å². The van der Waals surface area contributed by atoms with Crippen molar-refractivity contribution in [1.29, 1.82) is 0 Å². The Hall–Kier alpha value is -3.66. The van der Waals surface area contributed by atoms with Gasteiger partial charge in [0.05, 0.1) is 30.4 Å². The molecule has 0 bridgehead atoms. The fourth-order valence-electron chi connectivity index (χ4n) is 5.29. The molecule has 1 atom stereocenters. The van der Waals surface area contributed by atoms with Crippen LogP contribution in [0.1, 0.15) is 68.3 Å². The van der Waals surface area contributed by atoms with Gasteiger partial charge in [-0.25, -0.2) is 4.68 Å². The van der Waals surface area contributed by atoms with E-state index in [1.165, 1.54) is 12.8 Å². The highest BCUT2D eigenvalue weighted by Gasteiger charge is 2.30. The number of rotatable bonds is 8. The molecule has 0 saturated heterocycles. The van der Waals surface area contributed by atoms with Gasteiger partial charge in [0.25, 0.3) is 5.56 Å². The second-order valence-corrected chi connectivity index (χ2v) is 9.24. The monoisotopic (exact) mass is 476 g/mol. The minimum absolute atomic E-state index is 0.0810. The number of nitrogens with zero attached hydrogens (tertiary/aromatic N) is 5. The summed E-state index contributed by atoms with van der Waals surface area (Å²) >= 11 is 0. The van der Waals surface area contributed by atoms with Crippen molar-refractivity contribution in [3.8, 4) is 11.5 Å². The molecule has 1 aliphatic carbocycles. The largest absolute Gasteiger partial charge is 0.468 e. The van der Waals surface area contributed by atoms with Crippen molar-refractivity contribution in [2.45, 2.75) is 64.2 Å². The summed E-state index contributed by atoms with van der Waals surface area (Å²) in [4.78, 5) is 18.4. The second-order valence-electron chi connectivity index (χ2n) is 9.24. The number of fused-ring (bicyclic) bond motifs is 2. The maximum atomic E-state index is 13.1. The van der Waals surface area contributed by atoms with E-state index in [2.05, 4.69) is 32.3 Å². The van der Waals surface area contributed by atoms with Gasteiger partial charge in [-0.05, 0) is 54.0 Å². The van der Waals surface area contributed by atoms with E-state index in [0.717, 1.165) is 41.8 Å². The number of hydrogen-bond acceptors (Lipinski definition) is 8. The SMILES string of the molecule is CC[C@H](c1nnnn1C1CCCC1)N(Cc1ccco1)Cc1cc2cc3c(cc2[nH]c1=O)OCO3. The number of furan rings is 1. The van der Waals surface area contributed by atoms with Gasteiger partial charge in [-0.1, -0.05) is 19.8 Å². The number of H-pyrrole nitrogens is 1. The number of tetrazole rings is 1. The third-order valence-corrected chi connectivity index (χ3v) is 7.04. The normalized spacial score (nSPS) is 16.5. The van der Waals surface area contributed by atoms with Gasteiger partial charge in [0, 0.05) is 23.6 Å². The summed E-state index contributed by atoms with van der Waals surface area (Å²) in [6.45, 7) is 3.25. The zero-order valence-corrected chi connectivity index (χ0v) is 19.6. The number of benzene rings is 1. The number of aromatic nitrogens is 5. The number of ether oxygens (including phenoxy) is 2. The molecule has 182 valence electrons. The first-order chi connectivity index (χ1) is 17.2. The molecule has 1 N–H and O–H groups in total. The van der Waals surface area contributed by atoms with Crippen LogP contribution in [-0.2, 0) is 13.1 Å². The molecule has 10 nitrogen and oxygen atoms in total. The molecule has 6 rings (SSSR count). The molecule has 1 fully saturated rings. The maximum Gasteiger partial charge on any atom is 0.252 e. The van der Waals surface area contributed by atoms with E-state index in [9.17, 15) is 4.79 Å². The summed E-state index contributed by atoms with van der Waals surface area (Å²) in [5, 5.41) is 13.7. The Balaban J connectivity index is 1.37. The van der Waals surface area contributed by atoms with Crippen molar-refractivity contribution in [2.75, 3.05) is 6.79 Å². The van der Waals surface area contributed by atoms with Gasteiger partial charge >= 0.3 is 0 Å². The van der Waals surface area contributed by atoms with Crippen LogP contribution in [-0.4, -0.2) is 36.9 Å². The smallest absolute Gasteiger partial charge is 0.252 e. The van der Waals surface area contributed by atoms with Crippen LogP contribution in [0.2, 0.25) is 0 Å². The average molecular weight is 477 g/mol. The molecule has 4 heterocycles. The molecular formula is C25H28N6O4. The number of aromatic amines is 1. The number of pyridine rings is 1. The van der Waals surface area contributed by atoms with E-state index >= 15 is 0 Å². The highest BCUT2D eigenvalue weighted by atomic mass is 16.7. The molecule has 2 aliphatic rings. The Kier molecular flexibility index (Phi) is 5.73. The highest BCUT2D eigenvalue weighted by molar-refractivity contribution is 5.83. The predicted molar refractivity (Wildman–Crippen MR) is 127 cm³/mol. The lowest BCUT2D eigenvalue weighted by Gasteiger charge is -2.30. The Morgan fingerprint density at radius 1 is 1.17 bits per heavy atom. The fourth-order valence-corrected chi connectivity index (χ4v) is 5.29. The molecule has 35 heavy (non-hydrogen) atoms. The standard InChI is InChI=1S/C25H28N6O4/c1-2-21(24-27-28-29-31(24)18-6-3-4-7-18)30(14-19-8-5-9-33-19)13-17-10-16-11-22-23(35-15-34-22)12-20(16)26-25(17)32/h5,8-12,18,21H,2-4,6-7,13-15H2,1H3,(H,26,32)/t21-/m1/s1. The summed E-state index contributed by atoms with van der Waals surface area (Å²) in [7, 11) is 0. The second kappa shape index (κ2) is 9.18. The first-order valence-corrected chi connectivity index (χ1v) is 12.2. The zero-order chi connectivity index (χ0) is 23.8. The lowest BCUT2D eigenvalue weighted by atomic mass is 10.1. The number of hydrogen-bond donors (Lipinski definition) is 1. The third kappa shape index (κ3) is 4.18. The molecule has 4 aromatic rings. The molecule has 0 radical (unpaired) electrons. The lowest BCUT2D eigenvalue weighted by molar-refractivity contribution is 0.146. The topological polar surface area (TPSA) is 111 Å². The van der Waals surface area contributed by atoms with Crippen LogP contribution in [0, 0.1) is 0 Å². The Morgan fingerprint density at radius 2 is 2.00 bits per heavy atom. The van der Waals surface area contributed by atoms with E-state index in [1.54, 1.807) is 6.26 Å². The third-order valence-electron chi connectivity index (χ3n) is 7.04. The minimum atomic E-state index is -0.133. The summed E-state index contributed by atoms with van der Waals surface area (Å²) in [5.41, 5.74) is 1.24. The molecule has 0 amide bonds. The van der Waals surface area contributed by atoms with Crippen LogP contribution >= 0.6 is 0 Å². The van der Waals surface area contributed by atoms with Crippen LogP contribution in [0.4, 0.5) is 0 Å². The van der Waals surface area contributed by atoms with Gasteiger partial charge in [-0.2, -0.15) is 0 Å². The molecule has 1 saturated carbocycles. The molecule has 0 unspecified atom stereocenters. The fraction of sp³-hybridized carbons (Fsp3) is 0.440. The Bertz CT molecular complexity index is 1370. The molecular weight excluding hydrogens is 448 g/mol. The molecule has 10 heteroatoms. The van der Waals surface area contributed by atoms with E-state index in [0.29, 0.717) is 36.2 Å². The van der Waals surface area contributed by atoms with Crippen molar-refractivity contribution in [3.63, 3.8) is 0 Å². The van der Waals surface area contributed by atoms with Gasteiger partial charge < -0.3 is 18.9 Å². The van der Waals surface area contributed by atoms with E-state index < -0.39 is 0 Å². The van der Waals surface area contributed by atoms with Gasteiger partial charge in [0.1, 0.15) is 5.76 Å². The van der Waals surface area contributed by atoms with Gasteiger partial charge in [0.15, 0.2) is 17.3 Å². The highest BCUT2D eigenvalue weighted by Crippen LogP contribution is 2.36. The molecule has 3 aromatic heterocycles. The van der Waals surface area contributed by atoms with Crippen molar-refractivity contribution in [1.82, 2.24) is 30.1 Å². The summed E-state index contributed by atoms with van der Waals surface area (Å²) in [6, 6.07) is 9.72. The van der Waals surface area contributed by atoms with Crippen molar-refractivity contribution in [3.05, 3.63) is 64.1 Å². The number of nitrogens with one attached hydrogen (secondary N) is 1. The minimum Gasteiger partial charge on any atom is -0.468 e. The zero-order valence-electron chi connectivity index (χ0n) is 19.6. The van der Waals surface area contributed by atoms with Crippen LogP contribution in [0.5, 0.6) is 11.5 Å². The van der Waals surface area contributed by atoms with E-state index in [-0.39, 0.29) is 18.4 Å². The Morgan fingerprint density at radius 3 is 2.77 bits per heavy atom. The van der Waals surface area contributed by atoms with Crippen molar-refractivity contribution >= 4 is 10.9 Å². The van der Waals surface area contributed by atoms with Gasteiger partial charge in [-0.15, -0.1) is 5.10 Å². The van der Waals surface area contributed by atoms with Crippen molar-refractivity contribution in [2.24, 2.45) is 0 Å². The molecule has 1 aliphatic heterocycles. The summed E-state index contributed by atoms with van der Waals surface area (Å²) in [6.07, 6.45) is 7.03. The van der Waals surface area contributed by atoms with Crippen LogP contribution in [0.3, 0.4) is 0 Å². The summed E-state index contributed by atoms with van der Waals surface area (Å²) in [5.74, 6) is 2.99. The summed E-state index contributed by atoms with van der Waals surface area (Å²) < 4.78 is 18.7. The first kappa shape index (κ1) is 21.8. The first-order valence-electron chi connectivity index (χ1n) is 12.2. The van der Waals surface area contributed by atoms with E-state index in [1.807, 2.05) is 35.0 Å². The van der Waals surface area contributed by atoms with Crippen molar-refractivity contribution < 1.29 is 13.9 Å². The molecule has 0 spiro atoms. The van der Waals surface area contributed by atoms with Crippen LogP contribution in [0.25, 0.3) is 10.9 Å². The van der Waals surface area contributed by atoms with E-state index in [4.69, 9.17) is 13.9 Å². The van der Waals surface area contributed by atoms with Gasteiger partial charge in [-0.3, -0.25) is 9.69 Å². The average Bonchev–Trinajstić information content (AvgIpc) is 3.66. The maximum absolute atomic E-state index is 13.1. The lowest BCUT2D eigenvalue weighted by Crippen LogP contribution is -2.32. The Labute approximate surface area is 201 Å². The van der Waals surface area contributed by atoms with Gasteiger partial charge in [0.2, 0.25) is 6.79 Å². The molecule has 1 aromatic carbocycles. The van der Waals surface area contributed by atoms with Crippen LogP contribution in [0.15, 0.2) is 45.8 Å². The quantitative estimate of drug-likeness (QED) is 0.405.